The molecule has 0 saturated carbocycles. The second kappa shape index (κ2) is 10.4. The highest BCUT2D eigenvalue weighted by molar-refractivity contribution is 6.34. The minimum atomic E-state index is -4.53. The van der Waals surface area contributed by atoms with Crippen LogP contribution in [-0.4, -0.2) is 44.8 Å². The molecule has 5 rings (SSSR count). The maximum absolute atomic E-state index is 14.5. The van der Waals surface area contributed by atoms with Crippen LogP contribution in [0.2, 0.25) is 5.02 Å². The number of rotatable bonds is 7. The first-order chi connectivity index (χ1) is 19.3. The summed E-state index contributed by atoms with van der Waals surface area (Å²) in [5.74, 6) is -4.41. The summed E-state index contributed by atoms with van der Waals surface area (Å²) in [5.41, 5.74) is -2.44. The van der Waals surface area contributed by atoms with Gasteiger partial charge in [0.1, 0.15) is 18.7 Å². The van der Waals surface area contributed by atoms with E-state index >= 15 is 0 Å². The summed E-state index contributed by atoms with van der Waals surface area (Å²) in [4.78, 5) is 34.1. The standard InChI is InChI=1S/C23H16ClF6N9O2/c1-36-10-31-19(35-36)8-39-21(40)33-20(38(22(39)41)7-11-2-15(26)16(27)5-14(11)25)32-18-3-12-6-37(9-23(28,29)30)34-17(12)4-13(18)24/h2-6,10H,7-9H2,1H3,(H,32,33,40). The highest BCUT2D eigenvalue weighted by Gasteiger charge is 2.28. The van der Waals surface area contributed by atoms with Crippen LogP contribution in [0.5, 0.6) is 0 Å². The lowest BCUT2D eigenvalue weighted by molar-refractivity contribution is -0.142. The number of alkyl halides is 3. The van der Waals surface area contributed by atoms with E-state index in [9.17, 15) is 35.9 Å². The van der Waals surface area contributed by atoms with Crippen molar-refractivity contribution < 1.29 is 26.3 Å². The molecule has 0 aliphatic rings. The number of halogens is 7. The third-order valence-electron chi connectivity index (χ3n) is 5.74. The van der Waals surface area contributed by atoms with Gasteiger partial charge in [-0.3, -0.25) is 13.9 Å². The Morgan fingerprint density at radius 1 is 0.951 bits per heavy atom. The van der Waals surface area contributed by atoms with Gasteiger partial charge in [0.25, 0.3) is 0 Å². The third-order valence-corrected chi connectivity index (χ3v) is 6.06. The van der Waals surface area contributed by atoms with Crippen LogP contribution in [0.1, 0.15) is 11.4 Å². The van der Waals surface area contributed by atoms with E-state index in [1.54, 1.807) is 7.05 Å². The topological polar surface area (TPSA) is 117 Å². The number of fused-ring (bicyclic) bond motifs is 1. The lowest BCUT2D eigenvalue weighted by Gasteiger charge is -2.16. The van der Waals surface area contributed by atoms with Crippen molar-refractivity contribution in [3.63, 3.8) is 0 Å². The molecule has 1 N–H and O–H groups in total. The maximum Gasteiger partial charge on any atom is 0.408 e. The molecule has 5 aromatic rings. The summed E-state index contributed by atoms with van der Waals surface area (Å²) in [7, 11) is 1.56. The molecule has 0 bridgehead atoms. The maximum atomic E-state index is 14.5. The summed E-state index contributed by atoms with van der Waals surface area (Å²) in [6, 6.07) is 3.39. The summed E-state index contributed by atoms with van der Waals surface area (Å²) < 4.78 is 83.8. The van der Waals surface area contributed by atoms with Gasteiger partial charge in [-0.15, -0.1) is 0 Å². The van der Waals surface area contributed by atoms with E-state index in [1.165, 1.54) is 23.1 Å². The van der Waals surface area contributed by atoms with Gasteiger partial charge < -0.3 is 5.32 Å². The summed E-state index contributed by atoms with van der Waals surface area (Å²) >= 11 is 6.29. The Balaban J connectivity index is 1.60. The van der Waals surface area contributed by atoms with E-state index in [1.807, 2.05) is 0 Å². The zero-order valence-electron chi connectivity index (χ0n) is 20.6. The quantitative estimate of drug-likeness (QED) is 0.225. The van der Waals surface area contributed by atoms with E-state index in [2.05, 4.69) is 25.5 Å². The monoisotopic (exact) mass is 599 g/mol. The van der Waals surface area contributed by atoms with Gasteiger partial charge in [0.05, 0.1) is 29.3 Å². The number of nitrogens with zero attached hydrogens (tertiary/aromatic N) is 8. The molecule has 18 heteroatoms. The van der Waals surface area contributed by atoms with Crippen LogP contribution in [0.4, 0.5) is 38.0 Å². The summed E-state index contributed by atoms with van der Waals surface area (Å²) in [5, 5.41) is 10.6. The Morgan fingerprint density at radius 3 is 2.37 bits per heavy atom. The van der Waals surface area contributed by atoms with Gasteiger partial charge in [0.2, 0.25) is 5.95 Å². The van der Waals surface area contributed by atoms with Crippen molar-refractivity contribution >= 4 is 34.1 Å². The average Bonchev–Trinajstić information content (AvgIpc) is 3.45. The number of anilines is 2. The largest absolute Gasteiger partial charge is 0.408 e. The van der Waals surface area contributed by atoms with Crippen molar-refractivity contribution in [3.05, 3.63) is 91.6 Å². The first kappa shape index (κ1) is 27.9. The van der Waals surface area contributed by atoms with Crippen LogP contribution in [0.15, 0.2) is 46.4 Å². The highest BCUT2D eigenvalue weighted by Crippen LogP contribution is 2.30. The van der Waals surface area contributed by atoms with Crippen molar-refractivity contribution in [2.75, 3.05) is 5.32 Å². The molecule has 3 heterocycles. The Labute approximate surface area is 229 Å². The van der Waals surface area contributed by atoms with Gasteiger partial charge >= 0.3 is 17.6 Å². The van der Waals surface area contributed by atoms with Crippen LogP contribution in [0.25, 0.3) is 10.9 Å². The first-order valence-electron chi connectivity index (χ1n) is 11.5. The fourth-order valence-electron chi connectivity index (χ4n) is 3.93. The first-order valence-corrected chi connectivity index (χ1v) is 11.9. The van der Waals surface area contributed by atoms with Gasteiger partial charge in [-0.05, 0) is 18.2 Å². The molecule has 0 fully saturated rings. The van der Waals surface area contributed by atoms with Crippen molar-refractivity contribution in [2.45, 2.75) is 25.8 Å². The zero-order valence-corrected chi connectivity index (χ0v) is 21.4. The van der Waals surface area contributed by atoms with E-state index < -0.39 is 66.2 Å². The molecule has 0 aliphatic heterocycles. The molecule has 0 radical (unpaired) electrons. The number of benzene rings is 2. The lowest BCUT2D eigenvalue weighted by atomic mass is 10.2. The van der Waals surface area contributed by atoms with E-state index in [0.717, 1.165) is 10.8 Å². The molecule has 0 spiro atoms. The normalized spacial score (nSPS) is 11.9. The van der Waals surface area contributed by atoms with Crippen LogP contribution in [0, 0.1) is 17.5 Å². The van der Waals surface area contributed by atoms with Crippen molar-refractivity contribution in [1.82, 2.24) is 38.7 Å². The molecule has 3 aromatic heterocycles. The van der Waals surface area contributed by atoms with Crippen LogP contribution < -0.4 is 16.7 Å². The molecule has 214 valence electrons. The molecule has 0 unspecified atom stereocenters. The second-order valence-electron chi connectivity index (χ2n) is 8.82. The summed E-state index contributed by atoms with van der Waals surface area (Å²) in [6.45, 7) is -2.49. The molecule has 2 aromatic carbocycles. The summed E-state index contributed by atoms with van der Waals surface area (Å²) in [6.07, 6.45) is -2.09. The van der Waals surface area contributed by atoms with E-state index in [4.69, 9.17) is 11.6 Å². The Hall–Kier alpha value is -4.67. The minimum Gasteiger partial charge on any atom is -0.324 e. The predicted octanol–water partition coefficient (Wildman–Crippen LogP) is 3.36. The molecule has 0 amide bonds. The van der Waals surface area contributed by atoms with E-state index in [0.29, 0.717) is 21.4 Å². The van der Waals surface area contributed by atoms with Gasteiger partial charge in [-0.2, -0.15) is 28.4 Å². The van der Waals surface area contributed by atoms with Crippen molar-refractivity contribution in [1.29, 1.82) is 0 Å². The molecule has 0 atom stereocenters. The lowest BCUT2D eigenvalue weighted by Crippen LogP contribution is -2.43. The van der Waals surface area contributed by atoms with Crippen LogP contribution >= 0.6 is 11.6 Å². The Kier molecular flexibility index (Phi) is 7.06. The van der Waals surface area contributed by atoms with Gasteiger partial charge in [0, 0.05) is 30.3 Å². The number of hydrogen-bond acceptors (Lipinski definition) is 7. The van der Waals surface area contributed by atoms with Crippen LogP contribution in [0.3, 0.4) is 0 Å². The minimum absolute atomic E-state index is 0.000627. The SMILES string of the molecule is Cn1cnc(Cn2c(=O)nc(Nc3cc4cn(CC(F)(F)F)nc4cc3Cl)n(Cc3cc(F)c(F)cc3F)c2=O)n1. The molecule has 41 heavy (non-hydrogen) atoms. The highest BCUT2D eigenvalue weighted by atomic mass is 35.5. The smallest absolute Gasteiger partial charge is 0.324 e. The Morgan fingerprint density at radius 2 is 1.68 bits per heavy atom. The number of aryl methyl sites for hydroxylation is 1. The number of aromatic nitrogens is 8. The molecule has 11 nitrogen and oxygen atoms in total. The fourth-order valence-corrected chi connectivity index (χ4v) is 4.14. The number of hydrogen-bond donors (Lipinski definition) is 1. The van der Waals surface area contributed by atoms with Crippen molar-refractivity contribution in [3.8, 4) is 0 Å². The van der Waals surface area contributed by atoms with Gasteiger partial charge in [-0.25, -0.2) is 32.3 Å². The Bertz CT molecular complexity index is 1910. The predicted molar refractivity (Wildman–Crippen MR) is 132 cm³/mol. The van der Waals surface area contributed by atoms with Gasteiger partial charge in [0.15, 0.2) is 17.5 Å². The second-order valence-corrected chi connectivity index (χ2v) is 9.23. The van der Waals surface area contributed by atoms with Crippen LogP contribution in [-0.2, 0) is 26.7 Å². The average molecular weight is 600 g/mol. The fraction of sp³-hybridized carbons (Fsp3) is 0.217. The third kappa shape index (κ3) is 5.93. The van der Waals surface area contributed by atoms with E-state index in [-0.39, 0.29) is 27.4 Å². The molecular weight excluding hydrogens is 584 g/mol. The van der Waals surface area contributed by atoms with Crippen molar-refractivity contribution in [2.24, 2.45) is 7.05 Å². The zero-order chi connectivity index (χ0) is 29.6. The molecule has 0 aliphatic carbocycles. The molecular formula is C23H16ClF6N9O2. The number of nitrogens with one attached hydrogen (secondary N) is 1. The van der Waals surface area contributed by atoms with Gasteiger partial charge in [-0.1, -0.05) is 11.6 Å². The molecule has 0 saturated heterocycles.